The molecule has 2 N–H and O–H groups in total. The first-order valence-corrected chi connectivity index (χ1v) is 6.18. The average molecular weight is 231 g/mol. The van der Waals surface area contributed by atoms with Crippen LogP contribution in [-0.4, -0.2) is 28.0 Å². The number of phenolic OH excluding ortho intramolecular Hbond substituents is 1. The highest BCUT2D eigenvalue weighted by Crippen LogP contribution is 2.22. The lowest BCUT2D eigenvalue weighted by atomic mass is 9.98. The van der Waals surface area contributed by atoms with Crippen LogP contribution in [0.1, 0.15) is 12.8 Å². The van der Waals surface area contributed by atoms with Gasteiger partial charge in [0.2, 0.25) is 0 Å². The summed E-state index contributed by atoms with van der Waals surface area (Å²) >= 11 is 0. The summed E-state index contributed by atoms with van der Waals surface area (Å²) in [6, 6.07) is 5.42. The number of nitrogens with one attached hydrogen (secondary N) is 1. The van der Waals surface area contributed by atoms with Crippen molar-refractivity contribution in [3.63, 3.8) is 0 Å². The molecule has 1 aromatic heterocycles. The van der Waals surface area contributed by atoms with Gasteiger partial charge in [-0.15, -0.1) is 0 Å². The minimum Gasteiger partial charge on any atom is -0.508 e. The van der Waals surface area contributed by atoms with Gasteiger partial charge in [-0.1, -0.05) is 0 Å². The Bertz CT molecular complexity index is 514. The molecule has 1 aliphatic rings. The molecule has 90 valence electrons. The quantitative estimate of drug-likeness (QED) is 0.827. The molecule has 0 aliphatic carbocycles. The lowest BCUT2D eigenvalue weighted by Crippen LogP contribution is -2.30. The monoisotopic (exact) mass is 231 g/mol. The molecular formula is C13H17N3O. The fourth-order valence-electron chi connectivity index (χ4n) is 2.51. The van der Waals surface area contributed by atoms with E-state index in [0.717, 1.165) is 30.5 Å². The first kappa shape index (κ1) is 10.6. The van der Waals surface area contributed by atoms with E-state index in [9.17, 15) is 5.11 Å². The second-order valence-electron chi connectivity index (χ2n) is 4.76. The second kappa shape index (κ2) is 4.37. The van der Waals surface area contributed by atoms with Crippen molar-refractivity contribution < 1.29 is 5.11 Å². The van der Waals surface area contributed by atoms with Gasteiger partial charge in [-0.2, -0.15) is 5.10 Å². The standard InChI is InChI=1S/C13H17N3O/c17-12-2-1-11-8-15-16(13(11)7-12)9-10-3-5-14-6-4-10/h1-2,7-8,10,14,17H,3-6,9H2. The highest BCUT2D eigenvalue weighted by molar-refractivity contribution is 5.79. The van der Waals surface area contributed by atoms with Crippen molar-refractivity contribution in [3.05, 3.63) is 24.4 Å². The molecule has 0 spiro atoms. The van der Waals surface area contributed by atoms with Crippen molar-refractivity contribution in [1.29, 1.82) is 0 Å². The highest BCUT2D eigenvalue weighted by Gasteiger charge is 2.15. The van der Waals surface area contributed by atoms with E-state index in [1.54, 1.807) is 12.1 Å². The third-order valence-electron chi connectivity index (χ3n) is 3.52. The van der Waals surface area contributed by atoms with Crippen LogP contribution in [0.5, 0.6) is 5.75 Å². The first-order valence-electron chi connectivity index (χ1n) is 6.18. The zero-order valence-corrected chi connectivity index (χ0v) is 9.76. The number of aromatic hydroxyl groups is 1. The van der Waals surface area contributed by atoms with E-state index >= 15 is 0 Å². The van der Waals surface area contributed by atoms with E-state index in [-0.39, 0.29) is 0 Å². The van der Waals surface area contributed by atoms with Gasteiger partial charge in [-0.05, 0) is 44.0 Å². The Kier molecular flexibility index (Phi) is 2.73. The molecule has 0 saturated carbocycles. The fraction of sp³-hybridized carbons (Fsp3) is 0.462. The Balaban J connectivity index is 1.86. The summed E-state index contributed by atoms with van der Waals surface area (Å²) in [5, 5.41) is 18.4. The molecule has 0 amide bonds. The van der Waals surface area contributed by atoms with Crippen LogP contribution in [0.2, 0.25) is 0 Å². The minimum absolute atomic E-state index is 0.310. The predicted molar refractivity (Wildman–Crippen MR) is 67.0 cm³/mol. The zero-order chi connectivity index (χ0) is 11.7. The average Bonchev–Trinajstić information content (AvgIpc) is 2.73. The van der Waals surface area contributed by atoms with Gasteiger partial charge in [0.1, 0.15) is 5.75 Å². The summed E-state index contributed by atoms with van der Waals surface area (Å²) in [7, 11) is 0. The topological polar surface area (TPSA) is 50.1 Å². The lowest BCUT2D eigenvalue weighted by molar-refractivity contribution is 0.325. The van der Waals surface area contributed by atoms with E-state index < -0.39 is 0 Å². The Labute approximate surface area is 100 Å². The molecule has 1 saturated heterocycles. The third kappa shape index (κ3) is 2.13. The molecule has 1 aliphatic heterocycles. The van der Waals surface area contributed by atoms with Gasteiger partial charge in [0, 0.05) is 18.0 Å². The van der Waals surface area contributed by atoms with Gasteiger partial charge >= 0.3 is 0 Å². The Morgan fingerprint density at radius 2 is 2.18 bits per heavy atom. The van der Waals surface area contributed by atoms with E-state index in [0.29, 0.717) is 11.7 Å². The molecule has 0 unspecified atom stereocenters. The summed E-state index contributed by atoms with van der Waals surface area (Å²) in [4.78, 5) is 0. The summed E-state index contributed by atoms with van der Waals surface area (Å²) < 4.78 is 2.02. The van der Waals surface area contributed by atoms with Crippen LogP contribution in [-0.2, 0) is 6.54 Å². The third-order valence-corrected chi connectivity index (χ3v) is 3.52. The smallest absolute Gasteiger partial charge is 0.117 e. The largest absolute Gasteiger partial charge is 0.508 e. The number of fused-ring (bicyclic) bond motifs is 1. The number of phenols is 1. The fourth-order valence-corrected chi connectivity index (χ4v) is 2.51. The predicted octanol–water partition coefficient (Wildman–Crippen LogP) is 1.74. The molecule has 1 fully saturated rings. The van der Waals surface area contributed by atoms with Crippen LogP contribution < -0.4 is 5.32 Å². The lowest BCUT2D eigenvalue weighted by Gasteiger charge is -2.22. The molecule has 3 rings (SSSR count). The molecular weight excluding hydrogens is 214 g/mol. The molecule has 0 radical (unpaired) electrons. The normalized spacial score (nSPS) is 17.6. The van der Waals surface area contributed by atoms with Gasteiger partial charge in [0.05, 0.1) is 11.7 Å². The molecule has 2 aromatic rings. The first-order chi connectivity index (χ1) is 8.33. The number of rotatable bonds is 2. The van der Waals surface area contributed by atoms with E-state index in [1.165, 1.54) is 12.8 Å². The van der Waals surface area contributed by atoms with Crippen molar-refractivity contribution in [2.45, 2.75) is 19.4 Å². The van der Waals surface area contributed by atoms with Crippen LogP contribution in [0.25, 0.3) is 10.9 Å². The van der Waals surface area contributed by atoms with Crippen LogP contribution >= 0.6 is 0 Å². The molecule has 4 heteroatoms. The van der Waals surface area contributed by atoms with Crippen molar-refractivity contribution in [3.8, 4) is 5.75 Å². The Morgan fingerprint density at radius 1 is 1.35 bits per heavy atom. The number of nitrogens with zero attached hydrogens (tertiary/aromatic N) is 2. The van der Waals surface area contributed by atoms with Crippen LogP contribution in [0, 0.1) is 5.92 Å². The number of benzene rings is 1. The molecule has 1 aromatic carbocycles. The molecule has 0 atom stereocenters. The van der Waals surface area contributed by atoms with Gasteiger partial charge in [-0.25, -0.2) is 0 Å². The van der Waals surface area contributed by atoms with Crippen molar-refractivity contribution >= 4 is 10.9 Å². The van der Waals surface area contributed by atoms with E-state index in [2.05, 4.69) is 10.4 Å². The Morgan fingerprint density at radius 3 is 3.00 bits per heavy atom. The minimum atomic E-state index is 0.310. The van der Waals surface area contributed by atoms with Crippen molar-refractivity contribution in [1.82, 2.24) is 15.1 Å². The highest BCUT2D eigenvalue weighted by atomic mass is 16.3. The SMILES string of the molecule is Oc1ccc2cnn(CC3CCNCC3)c2c1. The molecule has 0 bridgehead atoms. The molecule has 17 heavy (non-hydrogen) atoms. The van der Waals surface area contributed by atoms with Crippen LogP contribution in [0.4, 0.5) is 0 Å². The maximum Gasteiger partial charge on any atom is 0.117 e. The maximum atomic E-state index is 9.53. The van der Waals surface area contributed by atoms with Gasteiger partial charge in [0.15, 0.2) is 0 Å². The maximum absolute atomic E-state index is 9.53. The number of piperidine rings is 1. The summed E-state index contributed by atoms with van der Waals surface area (Å²) in [6.07, 6.45) is 4.29. The van der Waals surface area contributed by atoms with Crippen molar-refractivity contribution in [2.75, 3.05) is 13.1 Å². The Hall–Kier alpha value is -1.55. The summed E-state index contributed by atoms with van der Waals surface area (Å²) in [6.45, 7) is 3.17. The van der Waals surface area contributed by atoms with E-state index in [1.807, 2.05) is 16.9 Å². The number of aromatic nitrogens is 2. The zero-order valence-electron chi connectivity index (χ0n) is 9.76. The second-order valence-corrected chi connectivity index (χ2v) is 4.76. The number of hydrogen-bond donors (Lipinski definition) is 2. The van der Waals surface area contributed by atoms with Gasteiger partial charge in [-0.3, -0.25) is 4.68 Å². The van der Waals surface area contributed by atoms with Crippen LogP contribution in [0.3, 0.4) is 0 Å². The van der Waals surface area contributed by atoms with Gasteiger partial charge < -0.3 is 10.4 Å². The summed E-state index contributed by atoms with van der Waals surface area (Å²) in [5.41, 5.74) is 1.03. The van der Waals surface area contributed by atoms with Crippen LogP contribution in [0.15, 0.2) is 24.4 Å². The summed E-state index contributed by atoms with van der Waals surface area (Å²) in [5.74, 6) is 1.01. The molecule has 2 heterocycles. The molecule has 4 nitrogen and oxygen atoms in total. The van der Waals surface area contributed by atoms with E-state index in [4.69, 9.17) is 0 Å². The van der Waals surface area contributed by atoms with Crippen molar-refractivity contribution in [2.24, 2.45) is 5.92 Å². The number of hydrogen-bond acceptors (Lipinski definition) is 3. The van der Waals surface area contributed by atoms with Gasteiger partial charge in [0.25, 0.3) is 0 Å².